The third-order valence-corrected chi connectivity index (χ3v) is 2.80. The second kappa shape index (κ2) is 5.94. The molecule has 1 aromatic carbocycles. The summed E-state index contributed by atoms with van der Waals surface area (Å²) in [6.07, 6.45) is -1.21. The summed E-state index contributed by atoms with van der Waals surface area (Å²) in [5, 5.41) is 11.5. The fourth-order valence-electron chi connectivity index (χ4n) is 1.87. The van der Waals surface area contributed by atoms with E-state index in [4.69, 9.17) is 5.11 Å². The lowest BCUT2D eigenvalue weighted by atomic mass is 10.2. The molecule has 2 rings (SSSR count). The van der Waals surface area contributed by atoms with Gasteiger partial charge >= 0.3 is 12.3 Å². The van der Waals surface area contributed by atoms with Crippen molar-refractivity contribution in [2.45, 2.75) is 32.0 Å². The van der Waals surface area contributed by atoms with Crippen molar-refractivity contribution in [1.29, 1.82) is 0 Å². The first-order chi connectivity index (χ1) is 9.46. The number of carboxylic acid groups (broad SMARTS) is 1. The largest absolute Gasteiger partial charge is 0.586 e. The number of aliphatic carboxylic acids is 1. The van der Waals surface area contributed by atoms with Gasteiger partial charge in [0.25, 0.3) is 0 Å². The predicted octanol–water partition coefficient (Wildman–Crippen LogP) is 3.07. The number of nitrogens with one attached hydrogen (secondary N) is 1. The molecule has 0 aromatic heterocycles. The minimum Gasteiger partial charge on any atom is -0.481 e. The van der Waals surface area contributed by atoms with Crippen LogP contribution in [0.3, 0.4) is 0 Å². The zero-order chi connectivity index (χ0) is 14.6. The van der Waals surface area contributed by atoms with E-state index >= 15 is 0 Å². The Hall–Kier alpha value is -2.05. The summed E-state index contributed by atoms with van der Waals surface area (Å²) < 4.78 is 34.3. The molecule has 0 aliphatic carbocycles. The molecule has 110 valence electrons. The number of anilines is 1. The van der Waals surface area contributed by atoms with Gasteiger partial charge in [0.1, 0.15) is 0 Å². The Morgan fingerprint density at radius 1 is 1.20 bits per heavy atom. The van der Waals surface area contributed by atoms with Crippen LogP contribution in [-0.2, 0) is 4.79 Å². The summed E-state index contributed by atoms with van der Waals surface area (Å²) in [5.74, 6) is -0.775. The Kier molecular flexibility index (Phi) is 4.26. The van der Waals surface area contributed by atoms with Crippen LogP contribution in [0.4, 0.5) is 14.5 Å². The number of alkyl halides is 2. The Morgan fingerprint density at radius 2 is 1.95 bits per heavy atom. The van der Waals surface area contributed by atoms with Crippen LogP contribution in [0.25, 0.3) is 0 Å². The quantitative estimate of drug-likeness (QED) is 0.754. The van der Waals surface area contributed by atoms with Crippen molar-refractivity contribution in [3.63, 3.8) is 0 Å². The highest BCUT2D eigenvalue weighted by Crippen LogP contribution is 2.42. The maximum atomic E-state index is 12.8. The van der Waals surface area contributed by atoms with Gasteiger partial charge in [-0.05, 0) is 25.0 Å². The first kappa shape index (κ1) is 14.4. The molecule has 0 radical (unpaired) electrons. The lowest BCUT2D eigenvalue weighted by molar-refractivity contribution is -0.286. The van der Waals surface area contributed by atoms with Crippen LogP contribution in [0.15, 0.2) is 18.2 Å². The molecule has 1 aliphatic heterocycles. The average Bonchev–Trinajstić information content (AvgIpc) is 2.66. The number of carbonyl (C=O) groups is 1. The maximum absolute atomic E-state index is 12.8. The molecule has 1 aromatic rings. The summed E-state index contributed by atoms with van der Waals surface area (Å²) in [7, 11) is 0. The first-order valence-corrected chi connectivity index (χ1v) is 6.32. The van der Waals surface area contributed by atoms with Crippen LogP contribution in [0, 0.1) is 0 Å². The van der Waals surface area contributed by atoms with Gasteiger partial charge in [0.2, 0.25) is 0 Å². The van der Waals surface area contributed by atoms with Gasteiger partial charge in [0.15, 0.2) is 11.5 Å². The highest BCUT2D eigenvalue weighted by atomic mass is 19.3. The lowest BCUT2D eigenvalue weighted by Crippen LogP contribution is -2.25. The summed E-state index contributed by atoms with van der Waals surface area (Å²) in [6.45, 7) is 0.635. The van der Waals surface area contributed by atoms with Gasteiger partial charge in [-0.15, -0.1) is 8.78 Å². The van der Waals surface area contributed by atoms with Gasteiger partial charge in [-0.1, -0.05) is 6.42 Å². The lowest BCUT2D eigenvalue weighted by Gasteiger charge is -2.06. The van der Waals surface area contributed by atoms with E-state index in [1.807, 2.05) is 0 Å². The van der Waals surface area contributed by atoms with Crippen LogP contribution in [-0.4, -0.2) is 23.9 Å². The third-order valence-electron chi connectivity index (χ3n) is 2.80. The molecule has 0 unspecified atom stereocenters. The van der Waals surface area contributed by atoms with E-state index in [1.54, 1.807) is 6.07 Å². The van der Waals surface area contributed by atoms with Gasteiger partial charge < -0.3 is 19.9 Å². The average molecular weight is 287 g/mol. The fraction of sp³-hybridized carbons (Fsp3) is 0.462. The molecule has 0 spiro atoms. The van der Waals surface area contributed by atoms with Crippen LogP contribution < -0.4 is 14.8 Å². The molecular formula is C13H15F2NO4. The molecule has 0 bridgehead atoms. The molecule has 0 saturated heterocycles. The normalized spacial score (nSPS) is 15.1. The maximum Gasteiger partial charge on any atom is 0.586 e. The minimum atomic E-state index is -3.60. The van der Waals surface area contributed by atoms with Crippen molar-refractivity contribution in [2.75, 3.05) is 11.9 Å². The number of carboxylic acids is 1. The van der Waals surface area contributed by atoms with Gasteiger partial charge in [0, 0.05) is 24.7 Å². The van der Waals surface area contributed by atoms with Gasteiger partial charge in [-0.2, -0.15) is 0 Å². The fourth-order valence-corrected chi connectivity index (χ4v) is 1.87. The van der Waals surface area contributed by atoms with Crippen molar-refractivity contribution in [3.05, 3.63) is 18.2 Å². The highest BCUT2D eigenvalue weighted by Gasteiger charge is 2.43. The van der Waals surface area contributed by atoms with E-state index in [1.165, 1.54) is 12.1 Å². The monoisotopic (exact) mass is 287 g/mol. The molecule has 1 heterocycles. The van der Waals surface area contributed by atoms with E-state index in [0.29, 0.717) is 18.7 Å². The zero-order valence-corrected chi connectivity index (χ0v) is 10.7. The highest BCUT2D eigenvalue weighted by molar-refractivity contribution is 5.66. The number of ether oxygens (including phenoxy) is 2. The summed E-state index contributed by atoms with van der Waals surface area (Å²) >= 11 is 0. The van der Waals surface area contributed by atoms with Crippen molar-refractivity contribution in [2.24, 2.45) is 0 Å². The first-order valence-electron chi connectivity index (χ1n) is 6.32. The number of fused-ring (bicyclic) bond motifs is 1. The van der Waals surface area contributed by atoms with E-state index in [0.717, 1.165) is 12.8 Å². The molecular weight excluding hydrogens is 272 g/mol. The molecule has 2 N–H and O–H groups in total. The van der Waals surface area contributed by atoms with Crippen LogP contribution in [0.1, 0.15) is 25.7 Å². The van der Waals surface area contributed by atoms with Crippen molar-refractivity contribution >= 4 is 11.7 Å². The summed E-state index contributed by atoms with van der Waals surface area (Å²) in [6, 6.07) is 4.50. The molecule has 0 atom stereocenters. The molecule has 0 saturated carbocycles. The number of rotatable bonds is 7. The SMILES string of the molecule is O=C(O)CCCCCNc1ccc2c(c1)OC(F)(F)O2. The Morgan fingerprint density at radius 3 is 2.70 bits per heavy atom. The summed E-state index contributed by atoms with van der Waals surface area (Å²) in [4.78, 5) is 10.3. The van der Waals surface area contributed by atoms with Gasteiger partial charge in [-0.3, -0.25) is 4.79 Å². The second-order valence-electron chi connectivity index (χ2n) is 4.46. The standard InChI is InChI=1S/C13H15F2NO4/c14-13(15)19-10-6-5-9(8-11(10)20-13)16-7-3-1-2-4-12(17)18/h5-6,8,16H,1-4,7H2,(H,17,18). The minimum absolute atomic E-state index is 0.00544. The number of benzene rings is 1. The topological polar surface area (TPSA) is 67.8 Å². The van der Waals surface area contributed by atoms with E-state index in [2.05, 4.69) is 14.8 Å². The van der Waals surface area contributed by atoms with E-state index < -0.39 is 12.3 Å². The summed E-state index contributed by atoms with van der Waals surface area (Å²) in [5.41, 5.74) is 0.656. The van der Waals surface area contributed by atoms with E-state index in [-0.39, 0.29) is 17.9 Å². The molecule has 0 fully saturated rings. The van der Waals surface area contributed by atoms with Gasteiger partial charge in [-0.25, -0.2) is 0 Å². The Labute approximate surface area is 114 Å². The number of hydrogen-bond acceptors (Lipinski definition) is 4. The molecule has 7 heteroatoms. The van der Waals surface area contributed by atoms with Crippen LogP contribution in [0.2, 0.25) is 0 Å². The molecule has 20 heavy (non-hydrogen) atoms. The van der Waals surface area contributed by atoms with Crippen LogP contribution >= 0.6 is 0 Å². The number of unbranched alkanes of at least 4 members (excludes halogenated alkanes) is 2. The van der Waals surface area contributed by atoms with Crippen LogP contribution in [0.5, 0.6) is 11.5 Å². The smallest absolute Gasteiger partial charge is 0.481 e. The Bertz CT molecular complexity index is 493. The molecule has 5 nitrogen and oxygen atoms in total. The number of hydrogen-bond donors (Lipinski definition) is 2. The molecule has 0 amide bonds. The van der Waals surface area contributed by atoms with Crippen molar-refractivity contribution < 1.29 is 28.2 Å². The Balaban J connectivity index is 1.74. The van der Waals surface area contributed by atoms with Crippen molar-refractivity contribution in [3.8, 4) is 11.5 Å². The zero-order valence-electron chi connectivity index (χ0n) is 10.7. The molecule has 1 aliphatic rings. The van der Waals surface area contributed by atoms with Gasteiger partial charge in [0.05, 0.1) is 0 Å². The van der Waals surface area contributed by atoms with Crippen molar-refractivity contribution in [1.82, 2.24) is 0 Å². The third kappa shape index (κ3) is 3.97. The number of halogens is 2. The van der Waals surface area contributed by atoms with E-state index in [9.17, 15) is 13.6 Å². The predicted molar refractivity (Wildman–Crippen MR) is 67.2 cm³/mol. The second-order valence-corrected chi connectivity index (χ2v) is 4.46.